The van der Waals surface area contributed by atoms with E-state index in [0.29, 0.717) is 19.3 Å². The Labute approximate surface area is 498 Å². The average Bonchev–Trinajstić information content (AvgIpc) is 3.46. The molecule has 0 saturated heterocycles. The molecule has 0 aromatic rings. The molecule has 1 unspecified atom stereocenters. The lowest BCUT2D eigenvalue weighted by molar-refractivity contribution is -0.166. The number of hydrogen-bond acceptors (Lipinski definition) is 6. The summed E-state index contributed by atoms with van der Waals surface area (Å²) in [5.41, 5.74) is 0. The van der Waals surface area contributed by atoms with Crippen LogP contribution in [0.4, 0.5) is 0 Å². The van der Waals surface area contributed by atoms with E-state index in [2.05, 4.69) is 75.5 Å². The molecule has 6 nitrogen and oxygen atoms in total. The summed E-state index contributed by atoms with van der Waals surface area (Å²) in [6, 6.07) is 0. The van der Waals surface area contributed by atoms with Crippen molar-refractivity contribution in [3.8, 4) is 0 Å². The first-order valence-electron chi connectivity index (χ1n) is 35.3. The second kappa shape index (κ2) is 68.6. The lowest BCUT2D eigenvalue weighted by atomic mass is 10.0. The fraction of sp³-hybridized carbons (Fsp3) is 0.824. The van der Waals surface area contributed by atoms with Gasteiger partial charge in [-0.15, -0.1) is 0 Å². The first-order valence-corrected chi connectivity index (χ1v) is 35.3. The van der Waals surface area contributed by atoms with Gasteiger partial charge in [-0.05, 0) is 70.6 Å². The van der Waals surface area contributed by atoms with Crippen molar-refractivity contribution < 1.29 is 28.6 Å². The van der Waals surface area contributed by atoms with E-state index in [9.17, 15) is 14.4 Å². The average molecular weight is 1120 g/mol. The van der Waals surface area contributed by atoms with Gasteiger partial charge in [-0.2, -0.15) is 0 Å². The van der Waals surface area contributed by atoms with Crippen molar-refractivity contribution >= 4 is 17.9 Å². The molecule has 80 heavy (non-hydrogen) atoms. The largest absolute Gasteiger partial charge is 0.462 e. The minimum absolute atomic E-state index is 0.0965. The summed E-state index contributed by atoms with van der Waals surface area (Å²) < 4.78 is 16.8. The molecule has 0 aliphatic rings. The van der Waals surface area contributed by atoms with Gasteiger partial charge < -0.3 is 14.2 Å². The molecule has 466 valence electrons. The van der Waals surface area contributed by atoms with E-state index >= 15 is 0 Å². The van der Waals surface area contributed by atoms with Gasteiger partial charge in [0, 0.05) is 19.3 Å². The van der Waals surface area contributed by atoms with Crippen molar-refractivity contribution in [1.29, 1.82) is 0 Å². The van der Waals surface area contributed by atoms with E-state index in [1.165, 1.54) is 250 Å². The standard InChI is InChI=1S/C74H134O6/c1-4-7-10-13-16-19-22-25-27-28-29-30-31-32-33-34-35-36-37-38-39-40-41-42-43-44-45-47-49-52-55-58-61-64-67-73(76)79-70-71(69-78-72(75)66-63-60-57-54-51-48-24-21-18-15-12-9-6-3)80-74(77)68-65-62-59-56-53-50-46-26-23-20-17-14-11-8-5-2/h9,12,18,21,26,46,48,51,57,60,71H,4-8,10-11,13-17,19-20,22-25,27-45,47,49-50,52-56,58-59,61-70H2,1-3H3/b12-9-,21-18-,46-26-,51-48-,60-57-. The zero-order valence-electron chi connectivity index (χ0n) is 53.6. The van der Waals surface area contributed by atoms with E-state index in [1.807, 2.05) is 6.08 Å². The van der Waals surface area contributed by atoms with Gasteiger partial charge in [0.15, 0.2) is 6.10 Å². The third-order valence-corrected chi connectivity index (χ3v) is 15.8. The van der Waals surface area contributed by atoms with Crippen LogP contribution in [0, 0.1) is 0 Å². The van der Waals surface area contributed by atoms with Crippen LogP contribution < -0.4 is 0 Å². The molecule has 0 spiro atoms. The highest BCUT2D eigenvalue weighted by Crippen LogP contribution is 2.19. The van der Waals surface area contributed by atoms with Crippen molar-refractivity contribution in [2.45, 2.75) is 380 Å². The Morgan fingerprint density at radius 3 is 0.838 bits per heavy atom. The summed E-state index contributed by atoms with van der Waals surface area (Å²) in [4.78, 5) is 38.2. The van der Waals surface area contributed by atoms with Crippen molar-refractivity contribution in [2.75, 3.05) is 13.2 Å². The van der Waals surface area contributed by atoms with Gasteiger partial charge in [-0.1, -0.05) is 345 Å². The molecule has 0 aliphatic carbocycles. The molecular weight excluding hydrogens is 985 g/mol. The Morgan fingerprint density at radius 1 is 0.263 bits per heavy atom. The molecule has 0 radical (unpaired) electrons. The second-order valence-electron chi connectivity index (χ2n) is 23.8. The van der Waals surface area contributed by atoms with Crippen LogP contribution in [-0.4, -0.2) is 37.2 Å². The maximum atomic E-state index is 12.9. The predicted octanol–water partition coefficient (Wildman–Crippen LogP) is 24.3. The third kappa shape index (κ3) is 65.9. The fourth-order valence-corrected chi connectivity index (χ4v) is 10.5. The molecule has 0 bridgehead atoms. The van der Waals surface area contributed by atoms with Gasteiger partial charge >= 0.3 is 17.9 Å². The van der Waals surface area contributed by atoms with Crippen LogP contribution in [0.15, 0.2) is 60.8 Å². The van der Waals surface area contributed by atoms with Gasteiger partial charge in [0.2, 0.25) is 0 Å². The normalized spacial score (nSPS) is 12.4. The quantitative estimate of drug-likeness (QED) is 0.0261. The highest BCUT2D eigenvalue weighted by molar-refractivity contribution is 5.71. The molecule has 0 saturated carbocycles. The van der Waals surface area contributed by atoms with Crippen molar-refractivity contribution in [3.05, 3.63) is 60.8 Å². The fourth-order valence-electron chi connectivity index (χ4n) is 10.5. The number of allylic oxidation sites excluding steroid dienone is 10. The van der Waals surface area contributed by atoms with E-state index in [0.717, 1.165) is 77.0 Å². The summed E-state index contributed by atoms with van der Waals surface area (Å²) in [6.45, 7) is 6.50. The van der Waals surface area contributed by atoms with E-state index in [-0.39, 0.29) is 37.5 Å². The molecule has 1 atom stereocenters. The molecule has 0 amide bonds. The number of esters is 3. The van der Waals surface area contributed by atoms with Crippen LogP contribution in [0.3, 0.4) is 0 Å². The van der Waals surface area contributed by atoms with Crippen LogP contribution in [0.1, 0.15) is 374 Å². The van der Waals surface area contributed by atoms with Crippen LogP contribution >= 0.6 is 0 Å². The van der Waals surface area contributed by atoms with Crippen LogP contribution in [0.2, 0.25) is 0 Å². The summed E-state index contributed by atoms with van der Waals surface area (Å²) in [5.74, 6) is -0.973. The Kier molecular flexibility index (Phi) is 66.1. The third-order valence-electron chi connectivity index (χ3n) is 15.8. The maximum absolute atomic E-state index is 12.9. The number of unbranched alkanes of at least 4 members (excludes halogenated alkanes) is 44. The zero-order chi connectivity index (χ0) is 57.8. The summed E-state index contributed by atoms with van der Waals surface area (Å²) in [6.07, 6.45) is 88.7. The molecule has 0 rings (SSSR count). The summed E-state index contributed by atoms with van der Waals surface area (Å²) in [7, 11) is 0. The summed E-state index contributed by atoms with van der Waals surface area (Å²) >= 11 is 0. The smallest absolute Gasteiger partial charge is 0.306 e. The lowest BCUT2D eigenvalue weighted by Crippen LogP contribution is -2.30. The minimum Gasteiger partial charge on any atom is -0.462 e. The van der Waals surface area contributed by atoms with Crippen LogP contribution in [0.25, 0.3) is 0 Å². The van der Waals surface area contributed by atoms with E-state index < -0.39 is 6.10 Å². The zero-order valence-corrected chi connectivity index (χ0v) is 53.6. The second-order valence-corrected chi connectivity index (χ2v) is 23.8. The molecule has 6 heteroatoms. The van der Waals surface area contributed by atoms with E-state index in [1.54, 1.807) is 0 Å². The lowest BCUT2D eigenvalue weighted by Gasteiger charge is -2.18. The Bertz CT molecular complexity index is 1430. The number of ether oxygens (including phenoxy) is 3. The van der Waals surface area contributed by atoms with Crippen molar-refractivity contribution in [1.82, 2.24) is 0 Å². The highest BCUT2D eigenvalue weighted by atomic mass is 16.6. The first kappa shape index (κ1) is 77.1. The number of hydrogen-bond donors (Lipinski definition) is 0. The SMILES string of the molecule is CC/C=C\C/C=C\C/C=C\C/C=C\CCC(=O)OCC(COC(=O)CCCCCCCCCCCCCCCCCCCCCCCCCCCCCCCCCCCC)OC(=O)CCCCCCC/C=C\CCCCCCCC. The Morgan fingerprint density at radius 2 is 0.512 bits per heavy atom. The molecule has 0 aliphatic heterocycles. The van der Waals surface area contributed by atoms with Gasteiger partial charge in [0.05, 0.1) is 0 Å². The summed E-state index contributed by atoms with van der Waals surface area (Å²) in [5, 5.41) is 0. The van der Waals surface area contributed by atoms with E-state index in [4.69, 9.17) is 14.2 Å². The predicted molar refractivity (Wildman–Crippen MR) is 348 cm³/mol. The molecule has 0 aromatic heterocycles. The van der Waals surface area contributed by atoms with Crippen molar-refractivity contribution in [2.24, 2.45) is 0 Å². The molecule has 0 heterocycles. The van der Waals surface area contributed by atoms with Gasteiger partial charge in [-0.25, -0.2) is 0 Å². The molecule has 0 aromatic carbocycles. The first-order chi connectivity index (χ1) is 39.5. The van der Waals surface area contributed by atoms with Gasteiger partial charge in [0.1, 0.15) is 13.2 Å². The number of carbonyl (C=O) groups is 3. The van der Waals surface area contributed by atoms with Crippen LogP contribution in [-0.2, 0) is 28.6 Å². The van der Waals surface area contributed by atoms with Gasteiger partial charge in [0.25, 0.3) is 0 Å². The Balaban J connectivity index is 4.09. The topological polar surface area (TPSA) is 78.9 Å². The van der Waals surface area contributed by atoms with Crippen molar-refractivity contribution in [3.63, 3.8) is 0 Å². The minimum atomic E-state index is -0.807. The molecule has 0 N–H and O–H groups in total. The highest BCUT2D eigenvalue weighted by Gasteiger charge is 2.19. The molecule has 0 fully saturated rings. The Hall–Kier alpha value is -2.89. The van der Waals surface area contributed by atoms with Crippen LogP contribution in [0.5, 0.6) is 0 Å². The van der Waals surface area contributed by atoms with Gasteiger partial charge in [-0.3, -0.25) is 14.4 Å². The number of carbonyl (C=O) groups excluding carboxylic acids is 3. The maximum Gasteiger partial charge on any atom is 0.306 e. The molecular formula is C74H134O6. The monoisotopic (exact) mass is 1120 g/mol. The number of rotatable bonds is 65.